The number of hydrogen-bond acceptors (Lipinski definition) is 5. The zero-order chi connectivity index (χ0) is 14.8. The topological polar surface area (TPSA) is 74.8 Å². The summed E-state index contributed by atoms with van der Waals surface area (Å²) < 4.78 is 1.70. The van der Waals surface area contributed by atoms with E-state index in [-0.39, 0.29) is 11.3 Å². The fourth-order valence-corrected chi connectivity index (χ4v) is 3.35. The molecular formula is C14H13N5OS. The summed E-state index contributed by atoms with van der Waals surface area (Å²) in [6, 6.07) is 9.59. The summed E-state index contributed by atoms with van der Waals surface area (Å²) in [5, 5.41) is 17.3. The van der Waals surface area contributed by atoms with Crippen molar-refractivity contribution in [1.82, 2.24) is 19.9 Å². The summed E-state index contributed by atoms with van der Waals surface area (Å²) in [6.07, 6.45) is 1.83. The van der Waals surface area contributed by atoms with Gasteiger partial charge in [-0.3, -0.25) is 4.79 Å². The van der Waals surface area contributed by atoms with Crippen molar-refractivity contribution in [3.05, 3.63) is 47.3 Å². The lowest BCUT2D eigenvalue weighted by molar-refractivity contribution is -0.126. The average molecular weight is 299 g/mol. The maximum atomic E-state index is 11.6. The van der Waals surface area contributed by atoms with E-state index in [0.717, 1.165) is 11.3 Å². The molecule has 1 atom stereocenters. The van der Waals surface area contributed by atoms with Gasteiger partial charge in [0.25, 0.3) is 0 Å². The lowest BCUT2D eigenvalue weighted by Gasteiger charge is -2.15. The van der Waals surface area contributed by atoms with Gasteiger partial charge in [-0.15, -0.1) is 16.9 Å². The molecule has 1 saturated heterocycles. The normalized spacial score (nSPS) is 18.0. The molecule has 1 aliphatic heterocycles. The fourth-order valence-electron chi connectivity index (χ4n) is 2.22. The van der Waals surface area contributed by atoms with Gasteiger partial charge in [0, 0.05) is 7.05 Å². The van der Waals surface area contributed by atoms with Crippen molar-refractivity contribution in [2.24, 2.45) is 0 Å². The van der Waals surface area contributed by atoms with E-state index in [1.165, 1.54) is 0 Å². The molecule has 0 N–H and O–H groups in total. The van der Waals surface area contributed by atoms with Gasteiger partial charge in [-0.25, -0.2) is 4.68 Å². The maximum absolute atomic E-state index is 11.6. The van der Waals surface area contributed by atoms with E-state index in [2.05, 4.69) is 16.4 Å². The smallest absolute Gasteiger partial charge is 0.233 e. The molecule has 2 heterocycles. The van der Waals surface area contributed by atoms with Crippen LogP contribution in [0.25, 0.3) is 0 Å². The van der Waals surface area contributed by atoms with Crippen molar-refractivity contribution >= 4 is 17.7 Å². The second-order valence-electron chi connectivity index (χ2n) is 4.78. The van der Waals surface area contributed by atoms with Gasteiger partial charge < -0.3 is 4.90 Å². The number of thioether (sulfide) groups is 1. The predicted octanol–water partition coefficient (Wildman–Crippen LogP) is 1.40. The number of nitrogens with zero attached hydrogens (tertiary/aromatic N) is 5. The van der Waals surface area contributed by atoms with Crippen LogP contribution in [-0.2, 0) is 11.3 Å². The Morgan fingerprint density at radius 3 is 3.00 bits per heavy atom. The van der Waals surface area contributed by atoms with Crippen LogP contribution in [0.1, 0.15) is 22.2 Å². The second-order valence-corrected chi connectivity index (χ2v) is 5.85. The Morgan fingerprint density at radius 1 is 1.48 bits per heavy atom. The van der Waals surface area contributed by atoms with Crippen molar-refractivity contribution in [2.75, 3.05) is 12.8 Å². The highest BCUT2D eigenvalue weighted by molar-refractivity contribution is 8.00. The first-order valence-electron chi connectivity index (χ1n) is 6.44. The van der Waals surface area contributed by atoms with E-state index in [4.69, 9.17) is 5.26 Å². The number of aromatic nitrogens is 3. The highest BCUT2D eigenvalue weighted by Crippen LogP contribution is 2.35. The average Bonchev–Trinajstić information content (AvgIpc) is 3.08. The molecule has 0 aliphatic carbocycles. The van der Waals surface area contributed by atoms with Crippen LogP contribution in [0, 0.1) is 11.3 Å². The van der Waals surface area contributed by atoms with Crippen LogP contribution in [-0.4, -0.2) is 38.6 Å². The fraction of sp³-hybridized carbons (Fsp3) is 0.286. The molecule has 1 amide bonds. The van der Waals surface area contributed by atoms with Crippen molar-refractivity contribution in [1.29, 1.82) is 5.26 Å². The van der Waals surface area contributed by atoms with Gasteiger partial charge in [0.2, 0.25) is 5.91 Å². The molecule has 0 bridgehead atoms. The molecule has 0 spiro atoms. The Bertz CT molecular complexity index is 720. The Hall–Kier alpha value is -2.33. The van der Waals surface area contributed by atoms with E-state index < -0.39 is 0 Å². The van der Waals surface area contributed by atoms with Gasteiger partial charge in [-0.1, -0.05) is 23.4 Å². The summed E-state index contributed by atoms with van der Waals surface area (Å²) in [5.74, 6) is 0.583. The molecular weight excluding hydrogens is 286 g/mol. The van der Waals surface area contributed by atoms with Crippen LogP contribution in [0.2, 0.25) is 0 Å². The number of rotatable bonds is 3. The third kappa shape index (κ3) is 2.62. The zero-order valence-electron chi connectivity index (χ0n) is 11.4. The second kappa shape index (κ2) is 5.58. The van der Waals surface area contributed by atoms with E-state index >= 15 is 0 Å². The van der Waals surface area contributed by atoms with E-state index in [0.29, 0.717) is 17.9 Å². The molecule has 21 heavy (non-hydrogen) atoms. The molecule has 3 rings (SSSR count). The molecule has 2 aromatic rings. The van der Waals surface area contributed by atoms with Gasteiger partial charge in [0.05, 0.1) is 30.1 Å². The van der Waals surface area contributed by atoms with Crippen LogP contribution in [0.4, 0.5) is 0 Å². The quantitative estimate of drug-likeness (QED) is 0.856. The van der Waals surface area contributed by atoms with E-state index in [1.54, 1.807) is 34.5 Å². The van der Waals surface area contributed by atoms with Gasteiger partial charge in [-0.2, -0.15) is 5.26 Å². The molecule has 1 aromatic heterocycles. The highest BCUT2D eigenvalue weighted by Gasteiger charge is 2.31. The molecule has 1 fully saturated rings. The van der Waals surface area contributed by atoms with Crippen molar-refractivity contribution in [2.45, 2.75) is 11.9 Å². The molecule has 6 nitrogen and oxygen atoms in total. The van der Waals surface area contributed by atoms with Crippen LogP contribution in [0.15, 0.2) is 30.5 Å². The van der Waals surface area contributed by atoms with Crippen molar-refractivity contribution in [3.8, 4) is 6.07 Å². The Morgan fingerprint density at radius 2 is 2.29 bits per heavy atom. The number of carbonyl (C=O) groups excluding carboxylic acids is 1. The van der Waals surface area contributed by atoms with Gasteiger partial charge in [0.1, 0.15) is 11.1 Å². The van der Waals surface area contributed by atoms with Crippen LogP contribution >= 0.6 is 11.8 Å². The predicted molar refractivity (Wildman–Crippen MR) is 78.3 cm³/mol. The third-order valence-electron chi connectivity index (χ3n) is 3.39. The lowest BCUT2D eigenvalue weighted by Crippen LogP contribution is -2.23. The van der Waals surface area contributed by atoms with Crippen LogP contribution < -0.4 is 0 Å². The van der Waals surface area contributed by atoms with Crippen molar-refractivity contribution < 1.29 is 4.79 Å². The van der Waals surface area contributed by atoms with Gasteiger partial charge in [-0.05, 0) is 11.6 Å². The number of hydrogen-bond donors (Lipinski definition) is 0. The summed E-state index contributed by atoms with van der Waals surface area (Å²) in [6.45, 7) is 0.492. The minimum absolute atomic E-state index is 0.0718. The third-order valence-corrected chi connectivity index (χ3v) is 4.68. The van der Waals surface area contributed by atoms with Crippen molar-refractivity contribution in [3.63, 3.8) is 0 Å². The number of nitriles is 1. The minimum atomic E-state index is -0.0718. The monoisotopic (exact) mass is 299 g/mol. The molecule has 106 valence electrons. The maximum Gasteiger partial charge on any atom is 0.233 e. The molecule has 0 radical (unpaired) electrons. The minimum Gasteiger partial charge on any atom is -0.327 e. The Labute approximate surface area is 126 Å². The van der Waals surface area contributed by atoms with Crippen LogP contribution in [0.5, 0.6) is 0 Å². The molecule has 1 aromatic carbocycles. The first-order chi connectivity index (χ1) is 10.2. The summed E-state index contributed by atoms with van der Waals surface area (Å²) in [5.41, 5.74) is 2.31. The Kier molecular flexibility index (Phi) is 3.62. The van der Waals surface area contributed by atoms with Gasteiger partial charge in [0.15, 0.2) is 0 Å². The van der Waals surface area contributed by atoms with E-state index in [1.807, 2.05) is 24.4 Å². The SMILES string of the molecule is CN1C(=O)CSC1c1cn(Cc2ccccc2C#N)nn1. The summed E-state index contributed by atoms with van der Waals surface area (Å²) in [7, 11) is 1.77. The van der Waals surface area contributed by atoms with Crippen LogP contribution in [0.3, 0.4) is 0 Å². The molecule has 0 saturated carbocycles. The van der Waals surface area contributed by atoms with E-state index in [9.17, 15) is 4.79 Å². The molecule has 1 unspecified atom stereocenters. The first-order valence-corrected chi connectivity index (χ1v) is 7.49. The largest absolute Gasteiger partial charge is 0.327 e. The Balaban J connectivity index is 1.80. The van der Waals surface area contributed by atoms with Gasteiger partial charge >= 0.3 is 0 Å². The standard InChI is InChI=1S/C14H13N5OS/c1-18-13(20)9-21-14(18)12-8-19(17-16-12)7-11-5-3-2-4-10(11)6-15/h2-5,8,14H,7,9H2,1H3. The zero-order valence-corrected chi connectivity index (χ0v) is 12.2. The molecule has 1 aliphatic rings. The summed E-state index contributed by atoms with van der Waals surface area (Å²) >= 11 is 1.55. The highest BCUT2D eigenvalue weighted by atomic mass is 32.2. The first kappa shape index (κ1) is 13.6. The molecule has 7 heteroatoms. The number of amides is 1. The summed E-state index contributed by atoms with van der Waals surface area (Å²) in [4.78, 5) is 13.2. The number of benzene rings is 1. The number of carbonyl (C=O) groups is 1. The lowest BCUT2D eigenvalue weighted by atomic mass is 10.1.